The Kier molecular flexibility index (Phi) is 4.48. The molecule has 1 saturated carbocycles. The first-order valence-electron chi connectivity index (χ1n) is 9.35. The minimum absolute atomic E-state index is 0.127. The molecule has 0 radical (unpaired) electrons. The molecule has 130 valence electrons. The molecule has 3 heteroatoms. The average Bonchev–Trinajstić information content (AvgIpc) is 2.96. The van der Waals surface area contributed by atoms with Gasteiger partial charge in [0.2, 0.25) is 0 Å². The van der Waals surface area contributed by atoms with E-state index in [2.05, 4.69) is 60.8 Å². The van der Waals surface area contributed by atoms with Crippen LogP contribution in [0.4, 0.5) is 4.79 Å². The summed E-state index contributed by atoms with van der Waals surface area (Å²) < 4.78 is 5.64. The number of ether oxygens (including phenoxy) is 1. The number of carbonyl (C=O) groups is 1. The molecule has 2 aliphatic rings. The van der Waals surface area contributed by atoms with Gasteiger partial charge in [-0.3, -0.25) is 0 Å². The second-order valence-corrected chi connectivity index (χ2v) is 7.34. The van der Waals surface area contributed by atoms with Crippen molar-refractivity contribution in [3.63, 3.8) is 0 Å². The van der Waals surface area contributed by atoms with E-state index >= 15 is 0 Å². The van der Waals surface area contributed by atoms with Crippen LogP contribution in [-0.2, 0) is 4.74 Å². The molecular weight excluding hydrogens is 310 g/mol. The van der Waals surface area contributed by atoms with Gasteiger partial charge in [0, 0.05) is 12.0 Å². The first-order valence-corrected chi connectivity index (χ1v) is 9.35. The van der Waals surface area contributed by atoms with Gasteiger partial charge in [0.25, 0.3) is 0 Å². The second-order valence-electron chi connectivity index (χ2n) is 7.34. The predicted octanol–water partition coefficient (Wildman–Crippen LogP) is 5.10. The van der Waals surface area contributed by atoms with Crippen molar-refractivity contribution < 1.29 is 9.53 Å². The number of amides is 1. The van der Waals surface area contributed by atoms with Gasteiger partial charge in [0.05, 0.1) is 0 Å². The van der Waals surface area contributed by atoms with Crippen molar-refractivity contribution >= 4 is 6.09 Å². The van der Waals surface area contributed by atoms with Crippen molar-refractivity contribution in [3.8, 4) is 11.1 Å². The number of rotatable bonds is 3. The van der Waals surface area contributed by atoms with Crippen molar-refractivity contribution in [2.75, 3.05) is 6.61 Å². The predicted molar refractivity (Wildman–Crippen MR) is 99.6 cm³/mol. The molecule has 0 aromatic heterocycles. The highest BCUT2D eigenvalue weighted by Crippen LogP contribution is 2.44. The van der Waals surface area contributed by atoms with Gasteiger partial charge in [-0.25, -0.2) is 4.79 Å². The zero-order valence-electron chi connectivity index (χ0n) is 14.7. The summed E-state index contributed by atoms with van der Waals surface area (Å²) in [6, 6.07) is 17.1. The average molecular weight is 335 g/mol. The molecule has 2 aliphatic carbocycles. The highest BCUT2D eigenvalue weighted by Gasteiger charge is 2.29. The molecular formula is C22H25NO2. The third-order valence-electron chi connectivity index (χ3n) is 5.76. The maximum atomic E-state index is 12.3. The lowest BCUT2D eigenvalue weighted by Crippen LogP contribution is -2.41. The fourth-order valence-electron chi connectivity index (χ4n) is 4.32. The van der Waals surface area contributed by atoms with Crippen molar-refractivity contribution in [3.05, 3.63) is 59.7 Å². The standard InChI is InChI=1S/C22H25NO2/c1-15-8-2-7-13-21(15)23-22(24)25-14-20-18-11-5-3-9-16(18)17-10-4-6-12-19(17)20/h3-6,9-12,15,20-21H,2,7-8,13-14H2,1H3,(H,23,24). The Bertz CT molecular complexity index is 725. The van der Waals surface area contributed by atoms with E-state index in [1.165, 1.54) is 41.5 Å². The molecule has 0 bridgehead atoms. The van der Waals surface area contributed by atoms with E-state index in [0.29, 0.717) is 12.5 Å². The van der Waals surface area contributed by atoms with Crippen LogP contribution in [0.3, 0.4) is 0 Å². The Morgan fingerprint density at radius 3 is 2.24 bits per heavy atom. The maximum Gasteiger partial charge on any atom is 0.407 e. The minimum atomic E-state index is -0.277. The first-order chi connectivity index (χ1) is 12.2. The lowest BCUT2D eigenvalue weighted by molar-refractivity contribution is 0.131. The number of hydrogen-bond acceptors (Lipinski definition) is 2. The van der Waals surface area contributed by atoms with Gasteiger partial charge >= 0.3 is 6.09 Å². The van der Waals surface area contributed by atoms with Gasteiger partial charge < -0.3 is 10.1 Å². The van der Waals surface area contributed by atoms with Crippen LogP contribution in [0.1, 0.15) is 49.7 Å². The summed E-state index contributed by atoms with van der Waals surface area (Å²) >= 11 is 0. The Labute approximate surface area is 149 Å². The summed E-state index contributed by atoms with van der Waals surface area (Å²) in [5.74, 6) is 0.663. The molecule has 2 atom stereocenters. The van der Waals surface area contributed by atoms with E-state index in [1.54, 1.807) is 0 Å². The Balaban J connectivity index is 1.45. The Morgan fingerprint density at radius 2 is 1.60 bits per heavy atom. The largest absolute Gasteiger partial charge is 0.449 e. The quantitative estimate of drug-likeness (QED) is 0.847. The lowest BCUT2D eigenvalue weighted by atomic mass is 9.86. The van der Waals surface area contributed by atoms with E-state index < -0.39 is 0 Å². The molecule has 4 rings (SSSR count). The zero-order chi connectivity index (χ0) is 17.2. The number of hydrogen-bond donors (Lipinski definition) is 1. The topological polar surface area (TPSA) is 38.3 Å². The van der Waals surface area contributed by atoms with Gasteiger partial charge in [-0.15, -0.1) is 0 Å². The molecule has 0 saturated heterocycles. The van der Waals surface area contributed by atoms with Crippen LogP contribution < -0.4 is 5.32 Å². The number of fused-ring (bicyclic) bond motifs is 3. The molecule has 2 unspecified atom stereocenters. The Morgan fingerprint density at radius 1 is 1.00 bits per heavy atom. The van der Waals surface area contributed by atoms with Gasteiger partial charge in [0.1, 0.15) is 6.61 Å². The van der Waals surface area contributed by atoms with Crippen LogP contribution >= 0.6 is 0 Å². The van der Waals surface area contributed by atoms with E-state index in [9.17, 15) is 4.79 Å². The molecule has 1 amide bonds. The summed E-state index contributed by atoms with van der Waals surface area (Å²) in [6.07, 6.45) is 4.43. The summed E-state index contributed by atoms with van der Waals surface area (Å²) in [4.78, 5) is 12.3. The molecule has 1 fully saturated rings. The van der Waals surface area contributed by atoms with Crippen LogP contribution in [0.2, 0.25) is 0 Å². The smallest absolute Gasteiger partial charge is 0.407 e. The fraction of sp³-hybridized carbons (Fsp3) is 0.409. The van der Waals surface area contributed by atoms with E-state index in [-0.39, 0.29) is 18.1 Å². The lowest BCUT2D eigenvalue weighted by Gasteiger charge is -2.29. The summed E-state index contributed by atoms with van der Waals surface area (Å²) in [7, 11) is 0. The SMILES string of the molecule is CC1CCCCC1NC(=O)OCC1c2ccccc2-c2ccccc21. The van der Waals surface area contributed by atoms with Crippen molar-refractivity contribution in [1.29, 1.82) is 0 Å². The molecule has 3 nitrogen and oxygen atoms in total. The number of carbonyl (C=O) groups excluding carboxylic acids is 1. The molecule has 0 spiro atoms. The molecule has 2 aromatic rings. The molecule has 0 heterocycles. The first kappa shape index (κ1) is 16.2. The molecule has 1 N–H and O–H groups in total. The van der Waals surface area contributed by atoms with Gasteiger partial charge in [-0.05, 0) is 41.0 Å². The molecule has 0 aliphatic heterocycles. The van der Waals surface area contributed by atoms with E-state index in [4.69, 9.17) is 4.74 Å². The highest BCUT2D eigenvalue weighted by molar-refractivity contribution is 5.79. The Hall–Kier alpha value is -2.29. The highest BCUT2D eigenvalue weighted by atomic mass is 16.5. The zero-order valence-corrected chi connectivity index (χ0v) is 14.7. The summed E-state index contributed by atoms with van der Waals surface area (Å²) in [5.41, 5.74) is 5.02. The van der Waals surface area contributed by atoms with Crippen LogP contribution in [0.15, 0.2) is 48.5 Å². The third-order valence-corrected chi connectivity index (χ3v) is 5.76. The third kappa shape index (κ3) is 3.15. The van der Waals surface area contributed by atoms with Crippen LogP contribution in [0, 0.1) is 5.92 Å². The molecule has 25 heavy (non-hydrogen) atoms. The minimum Gasteiger partial charge on any atom is -0.449 e. The van der Waals surface area contributed by atoms with Crippen molar-refractivity contribution in [2.45, 2.75) is 44.6 Å². The van der Waals surface area contributed by atoms with Gasteiger partial charge in [-0.1, -0.05) is 68.3 Å². The van der Waals surface area contributed by atoms with Crippen molar-refractivity contribution in [1.82, 2.24) is 5.32 Å². The second kappa shape index (κ2) is 6.91. The maximum absolute atomic E-state index is 12.3. The summed E-state index contributed by atoms with van der Waals surface area (Å²) in [5, 5.41) is 3.08. The van der Waals surface area contributed by atoms with Crippen LogP contribution in [0.5, 0.6) is 0 Å². The van der Waals surface area contributed by atoms with Crippen LogP contribution in [-0.4, -0.2) is 18.7 Å². The molecule has 2 aromatic carbocycles. The van der Waals surface area contributed by atoms with E-state index in [0.717, 1.165) is 6.42 Å². The van der Waals surface area contributed by atoms with Crippen molar-refractivity contribution in [2.24, 2.45) is 5.92 Å². The van der Waals surface area contributed by atoms with Crippen LogP contribution in [0.25, 0.3) is 11.1 Å². The summed E-state index contributed by atoms with van der Waals surface area (Å²) in [6.45, 7) is 2.61. The fourth-order valence-corrected chi connectivity index (χ4v) is 4.32. The number of nitrogens with one attached hydrogen (secondary N) is 1. The number of benzene rings is 2. The van der Waals surface area contributed by atoms with E-state index in [1.807, 2.05) is 0 Å². The monoisotopic (exact) mass is 335 g/mol. The normalized spacial score (nSPS) is 22.1. The van der Waals surface area contributed by atoms with Gasteiger partial charge in [0.15, 0.2) is 0 Å². The number of alkyl carbamates (subject to hydrolysis) is 1. The van der Waals surface area contributed by atoms with Gasteiger partial charge in [-0.2, -0.15) is 0 Å².